The predicted octanol–water partition coefficient (Wildman–Crippen LogP) is 4.13. The molecule has 0 unspecified atom stereocenters. The Morgan fingerprint density at radius 1 is 1.06 bits per heavy atom. The SMILES string of the molecule is CCOC(=O)c1ccn(-c2ccccc2NC(=O)Cc2ccc(OC(F)(F)F)cc2)n1. The standard InChI is InChI=1S/C21H18F3N3O4/c1-2-30-20(29)17-11-12-27(26-17)18-6-4-3-5-16(18)25-19(28)13-14-7-9-15(10-8-14)31-21(22,23)24/h3-12H,2,13H2,1H3,(H,25,28). The van der Waals surface area contributed by atoms with E-state index in [1.54, 1.807) is 37.4 Å². The molecular weight excluding hydrogens is 415 g/mol. The number of benzene rings is 2. The number of ether oxygens (including phenoxy) is 2. The minimum atomic E-state index is -4.78. The van der Waals surface area contributed by atoms with Crippen LogP contribution in [0.25, 0.3) is 5.69 Å². The van der Waals surface area contributed by atoms with Crippen molar-refractivity contribution in [2.75, 3.05) is 11.9 Å². The number of esters is 1. The molecule has 0 radical (unpaired) electrons. The number of carbonyl (C=O) groups is 2. The second kappa shape index (κ2) is 9.33. The largest absolute Gasteiger partial charge is 0.573 e. The molecule has 7 nitrogen and oxygen atoms in total. The summed E-state index contributed by atoms with van der Waals surface area (Å²) in [6.07, 6.45) is -3.27. The summed E-state index contributed by atoms with van der Waals surface area (Å²) < 4.78 is 46.9. The summed E-state index contributed by atoms with van der Waals surface area (Å²) >= 11 is 0. The molecule has 2 aromatic carbocycles. The topological polar surface area (TPSA) is 82.5 Å². The molecule has 1 aromatic heterocycles. The maximum Gasteiger partial charge on any atom is 0.573 e. The number of hydrogen-bond donors (Lipinski definition) is 1. The molecule has 3 rings (SSSR count). The highest BCUT2D eigenvalue weighted by atomic mass is 19.4. The molecule has 10 heteroatoms. The molecule has 0 fully saturated rings. The van der Waals surface area contributed by atoms with Crippen LogP contribution in [0.2, 0.25) is 0 Å². The molecule has 0 saturated carbocycles. The fourth-order valence-corrected chi connectivity index (χ4v) is 2.74. The molecular formula is C21H18F3N3O4. The molecule has 0 spiro atoms. The van der Waals surface area contributed by atoms with E-state index in [2.05, 4.69) is 15.2 Å². The van der Waals surface area contributed by atoms with E-state index >= 15 is 0 Å². The van der Waals surface area contributed by atoms with Crippen molar-refractivity contribution in [2.24, 2.45) is 0 Å². The summed E-state index contributed by atoms with van der Waals surface area (Å²) in [5, 5.41) is 6.92. The predicted molar refractivity (Wildman–Crippen MR) is 105 cm³/mol. The van der Waals surface area contributed by atoms with Crippen molar-refractivity contribution in [1.29, 1.82) is 0 Å². The Labute approximate surface area is 175 Å². The molecule has 0 saturated heterocycles. The Morgan fingerprint density at radius 2 is 1.77 bits per heavy atom. The van der Waals surface area contributed by atoms with Crippen LogP contribution in [0, 0.1) is 0 Å². The van der Waals surface area contributed by atoms with Gasteiger partial charge < -0.3 is 14.8 Å². The highest BCUT2D eigenvalue weighted by Crippen LogP contribution is 2.23. The van der Waals surface area contributed by atoms with Gasteiger partial charge in [-0.15, -0.1) is 13.2 Å². The van der Waals surface area contributed by atoms with Gasteiger partial charge in [0, 0.05) is 6.20 Å². The number of carbonyl (C=O) groups excluding carboxylic acids is 2. The first kappa shape index (κ1) is 21.9. The summed E-state index contributed by atoms with van der Waals surface area (Å²) in [7, 11) is 0. The van der Waals surface area contributed by atoms with Gasteiger partial charge in [0.2, 0.25) is 5.91 Å². The van der Waals surface area contributed by atoms with Gasteiger partial charge in [0.25, 0.3) is 0 Å². The van der Waals surface area contributed by atoms with Gasteiger partial charge in [-0.1, -0.05) is 24.3 Å². The molecule has 162 valence electrons. The van der Waals surface area contributed by atoms with E-state index in [0.717, 1.165) is 12.1 Å². The lowest BCUT2D eigenvalue weighted by atomic mass is 10.1. The highest BCUT2D eigenvalue weighted by Gasteiger charge is 2.31. The lowest BCUT2D eigenvalue weighted by Crippen LogP contribution is -2.17. The molecule has 0 aliphatic carbocycles. The maximum absolute atomic E-state index is 12.5. The smallest absolute Gasteiger partial charge is 0.461 e. The molecule has 0 aliphatic rings. The quantitative estimate of drug-likeness (QED) is 0.567. The number of alkyl halides is 3. The first-order valence-corrected chi connectivity index (χ1v) is 9.22. The number of aromatic nitrogens is 2. The van der Waals surface area contributed by atoms with Crippen molar-refractivity contribution in [3.05, 3.63) is 72.1 Å². The van der Waals surface area contributed by atoms with Crippen LogP contribution in [0.5, 0.6) is 5.75 Å². The lowest BCUT2D eigenvalue weighted by molar-refractivity contribution is -0.274. The number of para-hydroxylation sites is 2. The highest BCUT2D eigenvalue weighted by molar-refractivity contribution is 5.94. The van der Waals surface area contributed by atoms with Gasteiger partial charge in [-0.2, -0.15) is 5.10 Å². The van der Waals surface area contributed by atoms with Crippen molar-refractivity contribution in [2.45, 2.75) is 19.7 Å². The van der Waals surface area contributed by atoms with Gasteiger partial charge in [0.15, 0.2) is 5.69 Å². The second-order valence-corrected chi connectivity index (χ2v) is 6.30. The van der Waals surface area contributed by atoms with Crippen molar-refractivity contribution in [3.63, 3.8) is 0 Å². The van der Waals surface area contributed by atoms with Crippen LogP contribution in [0.3, 0.4) is 0 Å². The first-order valence-electron chi connectivity index (χ1n) is 9.22. The van der Waals surface area contributed by atoms with E-state index < -0.39 is 12.3 Å². The van der Waals surface area contributed by atoms with E-state index in [-0.39, 0.29) is 30.4 Å². The molecule has 0 aliphatic heterocycles. The van der Waals surface area contributed by atoms with Crippen molar-refractivity contribution in [1.82, 2.24) is 9.78 Å². The van der Waals surface area contributed by atoms with Crippen molar-refractivity contribution in [3.8, 4) is 11.4 Å². The number of hydrogen-bond acceptors (Lipinski definition) is 5. The monoisotopic (exact) mass is 433 g/mol. The normalized spacial score (nSPS) is 11.1. The van der Waals surface area contributed by atoms with Crippen LogP contribution in [0.15, 0.2) is 60.8 Å². The van der Waals surface area contributed by atoms with E-state index in [4.69, 9.17) is 4.74 Å². The number of amides is 1. The number of nitrogens with zero attached hydrogens (tertiary/aromatic N) is 2. The average molecular weight is 433 g/mol. The van der Waals surface area contributed by atoms with Crippen molar-refractivity contribution >= 4 is 17.6 Å². The van der Waals surface area contributed by atoms with Crippen LogP contribution in [0.4, 0.5) is 18.9 Å². The summed E-state index contributed by atoms with van der Waals surface area (Å²) in [5.41, 5.74) is 1.61. The Hall–Kier alpha value is -3.82. The van der Waals surface area contributed by atoms with Crippen LogP contribution < -0.4 is 10.1 Å². The van der Waals surface area contributed by atoms with E-state index in [0.29, 0.717) is 16.9 Å². The zero-order chi connectivity index (χ0) is 22.4. The zero-order valence-corrected chi connectivity index (χ0v) is 16.3. The molecule has 3 aromatic rings. The Bertz CT molecular complexity index is 1060. The number of nitrogens with one attached hydrogen (secondary N) is 1. The first-order chi connectivity index (χ1) is 14.7. The minimum absolute atomic E-state index is 0.0617. The fourth-order valence-electron chi connectivity index (χ4n) is 2.74. The maximum atomic E-state index is 12.5. The molecule has 1 N–H and O–H groups in total. The number of halogens is 3. The Balaban J connectivity index is 1.69. The van der Waals surface area contributed by atoms with E-state index in [1.165, 1.54) is 22.9 Å². The molecule has 1 heterocycles. The summed E-state index contributed by atoms with van der Waals surface area (Å²) in [6.45, 7) is 1.91. The average Bonchev–Trinajstić information content (AvgIpc) is 3.19. The fraction of sp³-hybridized carbons (Fsp3) is 0.190. The Morgan fingerprint density at radius 3 is 2.45 bits per heavy atom. The summed E-state index contributed by atoms with van der Waals surface area (Å²) in [5.74, 6) is -1.30. The van der Waals surface area contributed by atoms with Crippen LogP contribution >= 0.6 is 0 Å². The molecule has 0 atom stereocenters. The summed E-state index contributed by atoms with van der Waals surface area (Å²) in [6, 6.07) is 13.4. The molecule has 0 bridgehead atoms. The van der Waals surface area contributed by atoms with Gasteiger partial charge in [0.05, 0.1) is 24.4 Å². The van der Waals surface area contributed by atoms with Crippen LogP contribution in [0.1, 0.15) is 23.0 Å². The van der Waals surface area contributed by atoms with Gasteiger partial charge in [-0.3, -0.25) is 4.79 Å². The molecule has 31 heavy (non-hydrogen) atoms. The van der Waals surface area contributed by atoms with Gasteiger partial charge in [-0.25, -0.2) is 9.48 Å². The molecule has 1 amide bonds. The summed E-state index contributed by atoms with van der Waals surface area (Å²) in [4.78, 5) is 24.3. The zero-order valence-electron chi connectivity index (χ0n) is 16.3. The van der Waals surface area contributed by atoms with Crippen LogP contribution in [-0.4, -0.2) is 34.6 Å². The third-order valence-electron chi connectivity index (χ3n) is 4.02. The van der Waals surface area contributed by atoms with Gasteiger partial charge >= 0.3 is 12.3 Å². The number of anilines is 1. The van der Waals surface area contributed by atoms with Gasteiger partial charge in [-0.05, 0) is 42.8 Å². The Kier molecular flexibility index (Phi) is 6.58. The third-order valence-corrected chi connectivity index (χ3v) is 4.02. The third kappa shape index (κ3) is 6.08. The minimum Gasteiger partial charge on any atom is -0.461 e. The lowest BCUT2D eigenvalue weighted by Gasteiger charge is -2.12. The van der Waals surface area contributed by atoms with E-state index in [9.17, 15) is 22.8 Å². The number of rotatable bonds is 7. The van der Waals surface area contributed by atoms with Crippen LogP contribution in [-0.2, 0) is 16.0 Å². The second-order valence-electron chi connectivity index (χ2n) is 6.30. The van der Waals surface area contributed by atoms with Gasteiger partial charge in [0.1, 0.15) is 5.75 Å². The van der Waals surface area contributed by atoms with E-state index in [1.807, 2.05) is 0 Å². The van der Waals surface area contributed by atoms with Crippen molar-refractivity contribution < 1.29 is 32.2 Å².